The number of carbonyl (C=O) groups is 2. The minimum Gasteiger partial charge on any atom is -0.478 e. The van der Waals surface area contributed by atoms with Gasteiger partial charge in [0.2, 0.25) is 0 Å². The number of aryl methyl sites for hydroxylation is 1. The summed E-state index contributed by atoms with van der Waals surface area (Å²) in [6.45, 7) is 4.94. The number of benzene rings is 1. The van der Waals surface area contributed by atoms with Gasteiger partial charge in [0.25, 0.3) is 0 Å². The van der Waals surface area contributed by atoms with E-state index >= 15 is 0 Å². The standard InChI is InChI=1S/C14H20N4O3/c1-10-4-3-5-11(12(10)13(19)20)15-14(21)16-18-8-6-17(2)7-9-18/h3-5H,6-9H2,1-2H3,(H,19,20)(H2,15,16,21). The SMILES string of the molecule is Cc1cccc(NC(=O)NN2CCN(C)CC2)c1C(=O)O. The Hall–Kier alpha value is -2.12. The summed E-state index contributed by atoms with van der Waals surface area (Å²) in [7, 11) is 2.03. The molecule has 2 amide bonds. The van der Waals surface area contributed by atoms with E-state index in [9.17, 15) is 14.7 Å². The van der Waals surface area contributed by atoms with Crippen molar-refractivity contribution in [1.29, 1.82) is 0 Å². The number of anilines is 1. The number of carboxylic acid groups (broad SMARTS) is 1. The second-order valence-corrected chi connectivity index (χ2v) is 5.16. The van der Waals surface area contributed by atoms with Crippen molar-refractivity contribution in [2.45, 2.75) is 6.92 Å². The average Bonchev–Trinajstić information content (AvgIpc) is 2.41. The van der Waals surface area contributed by atoms with Crippen LogP contribution in [0.1, 0.15) is 15.9 Å². The lowest BCUT2D eigenvalue weighted by Gasteiger charge is -2.32. The van der Waals surface area contributed by atoms with Crippen molar-refractivity contribution in [2.75, 3.05) is 38.5 Å². The monoisotopic (exact) mass is 292 g/mol. The first kappa shape index (κ1) is 15.3. The first-order valence-corrected chi connectivity index (χ1v) is 6.81. The number of likely N-dealkylation sites (N-methyl/N-ethyl adjacent to an activating group) is 1. The third kappa shape index (κ3) is 3.93. The lowest BCUT2D eigenvalue weighted by Crippen LogP contribution is -2.53. The molecule has 114 valence electrons. The number of carbonyl (C=O) groups excluding carboxylic acids is 1. The van der Waals surface area contributed by atoms with E-state index in [4.69, 9.17) is 0 Å². The number of urea groups is 1. The van der Waals surface area contributed by atoms with Crippen LogP contribution in [0.2, 0.25) is 0 Å². The van der Waals surface area contributed by atoms with Crippen LogP contribution in [0.5, 0.6) is 0 Å². The van der Waals surface area contributed by atoms with Crippen molar-refractivity contribution in [3.8, 4) is 0 Å². The molecular formula is C14H20N4O3. The molecule has 0 radical (unpaired) electrons. The molecule has 3 N–H and O–H groups in total. The Bertz CT molecular complexity index is 539. The summed E-state index contributed by atoms with van der Waals surface area (Å²) in [5.41, 5.74) is 3.77. The number of hydrogen-bond donors (Lipinski definition) is 3. The van der Waals surface area contributed by atoms with E-state index in [1.165, 1.54) is 0 Å². The van der Waals surface area contributed by atoms with E-state index in [1.54, 1.807) is 25.1 Å². The van der Waals surface area contributed by atoms with E-state index in [0.717, 1.165) is 26.2 Å². The molecule has 1 saturated heterocycles. The zero-order chi connectivity index (χ0) is 15.4. The van der Waals surface area contributed by atoms with Gasteiger partial charge in [0, 0.05) is 26.2 Å². The lowest BCUT2D eigenvalue weighted by molar-refractivity contribution is 0.0697. The van der Waals surface area contributed by atoms with Gasteiger partial charge in [-0.05, 0) is 25.6 Å². The van der Waals surface area contributed by atoms with Crippen LogP contribution >= 0.6 is 0 Å². The number of hydrazine groups is 1. The Balaban J connectivity index is 2.00. The molecule has 0 aromatic heterocycles. The summed E-state index contributed by atoms with van der Waals surface area (Å²) in [4.78, 5) is 25.4. The predicted molar refractivity (Wildman–Crippen MR) is 79.4 cm³/mol. The van der Waals surface area contributed by atoms with Crippen LogP contribution in [0.4, 0.5) is 10.5 Å². The Morgan fingerprint density at radius 1 is 1.19 bits per heavy atom. The van der Waals surface area contributed by atoms with Crippen LogP contribution < -0.4 is 10.7 Å². The summed E-state index contributed by atoms with van der Waals surface area (Å²) in [5, 5.41) is 13.7. The molecule has 1 fully saturated rings. The fourth-order valence-electron chi connectivity index (χ4n) is 2.27. The van der Waals surface area contributed by atoms with E-state index in [-0.39, 0.29) is 5.56 Å². The summed E-state index contributed by atoms with van der Waals surface area (Å²) < 4.78 is 0. The molecule has 7 nitrogen and oxygen atoms in total. The van der Waals surface area contributed by atoms with Gasteiger partial charge < -0.3 is 15.3 Å². The third-order valence-corrected chi connectivity index (χ3v) is 3.50. The molecule has 2 rings (SSSR count). The molecule has 0 unspecified atom stereocenters. The molecular weight excluding hydrogens is 272 g/mol. The highest BCUT2D eigenvalue weighted by Gasteiger charge is 2.18. The van der Waals surface area contributed by atoms with Crippen molar-refractivity contribution >= 4 is 17.7 Å². The van der Waals surface area contributed by atoms with Gasteiger partial charge in [-0.15, -0.1) is 0 Å². The quantitative estimate of drug-likeness (QED) is 0.773. The summed E-state index contributed by atoms with van der Waals surface area (Å²) in [5.74, 6) is -1.05. The van der Waals surface area contributed by atoms with Gasteiger partial charge in [0.1, 0.15) is 0 Å². The normalized spacial score (nSPS) is 16.5. The molecule has 0 aliphatic carbocycles. The van der Waals surface area contributed by atoms with E-state index in [1.807, 2.05) is 12.1 Å². The number of rotatable bonds is 3. The number of hydrogen-bond acceptors (Lipinski definition) is 4. The van der Waals surface area contributed by atoms with E-state index < -0.39 is 12.0 Å². The predicted octanol–water partition coefficient (Wildman–Crippen LogP) is 0.977. The van der Waals surface area contributed by atoms with Gasteiger partial charge in [-0.1, -0.05) is 12.1 Å². The third-order valence-electron chi connectivity index (χ3n) is 3.50. The van der Waals surface area contributed by atoms with Crippen LogP contribution in [0.25, 0.3) is 0 Å². The van der Waals surface area contributed by atoms with Crippen LogP contribution in [0.15, 0.2) is 18.2 Å². The minimum absolute atomic E-state index is 0.117. The smallest absolute Gasteiger partial charge is 0.338 e. The van der Waals surface area contributed by atoms with Crippen molar-refractivity contribution < 1.29 is 14.7 Å². The number of aromatic carboxylic acids is 1. The van der Waals surface area contributed by atoms with Crippen molar-refractivity contribution in [3.05, 3.63) is 29.3 Å². The topological polar surface area (TPSA) is 84.9 Å². The van der Waals surface area contributed by atoms with Gasteiger partial charge in [0.05, 0.1) is 11.3 Å². The van der Waals surface area contributed by atoms with Crippen molar-refractivity contribution in [1.82, 2.24) is 15.3 Å². The Morgan fingerprint density at radius 2 is 1.86 bits per heavy atom. The fourth-order valence-corrected chi connectivity index (χ4v) is 2.27. The fraction of sp³-hybridized carbons (Fsp3) is 0.429. The largest absolute Gasteiger partial charge is 0.478 e. The van der Waals surface area contributed by atoms with Gasteiger partial charge in [-0.2, -0.15) is 0 Å². The van der Waals surface area contributed by atoms with Gasteiger partial charge in [-0.3, -0.25) is 5.43 Å². The van der Waals surface area contributed by atoms with Gasteiger partial charge in [-0.25, -0.2) is 14.6 Å². The van der Waals surface area contributed by atoms with Crippen molar-refractivity contribution in [2.24, 2.45) is 0 Å². The van der Waals surface area contributed by atoms with E-state index in [0.29, 0.717) is 11.3 Å². The molecule has 0 atom stereocenters. The van der Waals surface area contributed by atoms with E-state index in [2.05, 4.69) is 15.6 Å². The van der Waals surface area contributed by atoms with Crippen LogP contribution in [-0.4, -0.2) is 60.2 Å². The molecule has 1 aliphatic heterocycles. The van der Waals surface area contributed by atoms with Crippen molar-refractivity contribution in [3.63, 3.8) is 0 Å². The molecule has 0 spiro atoms. The zero-order valence-corrected chi connectivity index (χ0v) is 12.2. The average molecular weight is 292 g/mol. The van der Waals surface area contributed by atoms with Crippen LogP contribution in [-0.2, 0) is 0 Å². The first-order chi connectivity index (χ1) is 9.97. The van der Waals surface area contributed by atoms with Gasteiger partial charge >= 0.3 is 12.0 Å². The Morgan fingerprint density at radius 3 is 2.48 bits per heavy atom. The summed E-state index contributed by atoms with van der Waals surface area (Å²) >= 11 is 0. The maximum atomic E-state index is 12.0. The number of piperazine rings is 1. The lowest BCUT2D eigenvalue weighted by atomic mass is 10.1. The molecule has 1 aromatic rings. The van der Waals surface area contributed by atoms with Crippen LogP contribution in [0.3, 0.4) is 0 Å². The molecule has 1 heterocycles. The Kier molecular flexibility index (Phi) is 4.77. The maximum absolute atomic E-state index is 12.0. The highest BCUT2D eigenvalue weighted by atomic mass is 16.4. The molecule has 1 aromatic carbocycles. The molecule has 7 heteroatoms. The zero-order valence-electron chi connectivity index (χ0n) is 12.2. The second kappa shape index (κ2) is 6.55. The maximum Gasteiger partial charge on any atom is 0.338 e. The minimum atomic E-state index is -1.05. The Labute approximate surface area is 123 Å². The first-order valence-electron chi connectivity index (χ1n) is 6.81. The number of amides is 2. The molecule has 0 saturated carbocycles. The number of nitrogens with zero attached hydrogens (tertiary/aromatic N) is 2. The molecule has 0 bridgehead atoms. The number of nitrogens with one attached hydrogen (secondary N) is 2. The second-order valence-electron chi connectivity index (χ2n) is 5.16. The molecule has 21 heavy (non-hydrogen) atoms. The summed E-state index contributed by atoms with van der Waals surface area (Å²) in [6.07, 6.45) is 0. The highest BCUT2D eigenvalue weighted by Crippen LogP contribution is 2.19. The van der Waals surface area contributed by atoms with Crippen LogP contribution in [0, 0.1) is 6.92 Å². The highest BCUT2D eigenvalue weighted by molar-refractivity contribution is 6.01. The van der Waals surface area contributed by atoms with Gasteiger partial charge in [0.15, 0.2) is 0 Å². The molecule has 1 aliphatic rings. The summed E-state index contributed by atoms with van der Waals surface area (Å²) in [6, 6.07) is 4.58. The number of carboxylic acids is 1.